The van der Waals surface area contributed by atoms with Gasteiger partial charge in [0.2, 0.25) is 0 Å². The molecule has 0 aliphatic rings. The van der Waals surface area contributed by atoms with E-state index in [4.69, 9.17) is 15.0 Å². The SMILES string of the molecule is CC(C)(C)c1cc(C=Nc2cc3nc(Cc4ccccc4)c(=O)[nH]c3cc2N=Cc2cc(C(C)(C)C)cc(C(C)(C)C)c2O)c(O)c(C(C)(C)C)c1. The molecule has 7 nitrogen and oxygen atoms in total. The molecule has 7 heteroatoms. The lowest BCUT2D eigenvalue weighted by Crippen LogP contribution is -2.17. The summed E-state index contributed by atoms with van der Waals surface area (Å²) in [7, 11) is 0. The maximum atomic E-state index is 13.2. The zero-order valence-electron chi connectivity index (χ0n) is 32.9. The van der Waals surface area contributed by atoms with Crippen LogP contribution in [0.3, 0.4) is 0 Å². The molecule has 0 unspecified atom stereocenters. The lowest BCUT2D eigenvalue weighted by Gasteiger charge is -2.27. The molecule has 5 rings (SSSR count). The van der Waals surface area contributed by atoms with Crippen molar-refractivity contribution in [2.75, 3.05) is 0 Å². The van der Waals surface area contributed by atoms with Crippen LogP contribution in [-0.4, -0.2) is 32.6 Å². The Bertz CT molecular complexity index is 2240. The highest BCUT2D eigenvalue weighted by Crippen LogP contribution is 2.40. The number of H-pyrrole nitrogens is 1. The number of aromatic amines is 1. The molecule has 5 aromatic rings. The van der Waals surface area contributed by atoms with E-state index in [1.165, 1.54) is 0 Å². The first-order chi connectivity index (χ1) is 24.0. The van der Waals surface area contributed by atoms with Gasteiger partial charge in [-0.15, -0.1) is 0 Å². The molecule has 0 saturated carbocycles. The Morgan fingerprint density at radius 1 is 0.635 bits per heavy atom. The summed E-state index contributed by atoms with van der Waals surface area (Å²) in [6.07, 6.45) is 3.71. The number of nitrogens with one attached hydrogen (secondary N) is 1. The fourth-order valence-corrected chi connectivity index (χ4v) is 6.06. The van der Waals surface area contributed by atoms with Crippen LogP contribution in [0, 0.1) is 0 Å². The Labute approximate surface area is 308 Å². The van der Waals surface area contributed by atoms with Crippen molar-refractivity contribution in [1.29, 1.82) is 0 Å². The number of phenolic OH excluding ortho intramolecular Hbond substituents is 2. The molecule has 0 amide bonds. The van der Waals surface area contributed by atoms with Crippen molar-refractivity contribution < 1.29 is 10.2 Å². The van der Waals surface area contributed by atoms with E-state index in [0.29, 0.717) is 45.6 Å². The molecule has 4 aromatic carbocycles. The second kappa shape index (κ2) is 13.8. The number of rotatable bonds is 6. The number of aromatic nitrogens is 2. The zero-order valence-corrected chi connectivity index (χ0v) is 32.9. The van der Waals surface area contributed by atoms with Crippen molar-refractivity contribution >= 4 is 34.8 Å². The molecule has 0 spiro atoms. The van der Waals surface area contributed by atoms with Gasteiger partial charge in [-0.1, -0.05) is 126 Å². The van der Waals surface area contributed by atoms with Gasteiger partial charge in [0.1, 0.15) is 17.2 Å². The predicted molar refractivity (Wildman–Crippen MR) is 217 cm³/mol. The van der Waals surface area contributed by atoms with Crippen molar-refractivity contribution in [2.24, 2.45) is 9.98 Å². The highest BCUT2D eigenvalue weighted by atomic mass is 16.3. The van der Waals surface area contributed by atoms with Crippen LogP contribution >= 0.6 is 0 Å². The number of hydrogen-bond acceptors (Lipinski definition) is 6. The Kier molecular flexibility index (Phi) is 10.2. The summed E-state index contributed by atoms with van der Waals surface area (Å²) >= 11 is 0. The van der Waals surface area contributed by atoms with Crippen molar-refractivity contribution in [3.05, 3.63) is 122 Å². The minimum absolute atomic E-state index is 0.158. The Morgan fingerprint density at radius 3 is 1.54 bits per heavy atom. The second-order valence-electron chi connectivity index (χ2n) is 18.0. The van der Waals surface area contributed by atoms with Crippen LogP contribution in [0.4, 0.5) is 11.4 Å². The molecule has 0 atom stereocenters. The van der Waals surface area contributed by atoms with Gasteiger partial charge in [-0.25, -0.2) is 4.98 Å². The van der Waals surface area contributed by atoms with Gasteiger partial charge in [0.25, 0.3) is 5.56 Å². The van der Waals surface area contributed by atoms with E-state index < -0.39 is 0 Å². The monoisotopic (exact) mass is 698 g/mol. The summed E-state index contributed by atoms with van der Waals surface area (Å²) in [5.74, 6) is 0.357. The Hall–Kier alpha value is -5.04. The van der Waals surface area contributed by atoms with Gasteiger partial charge >= 0.3 is 0 Å². The van der Waals surface area contributed by atoms with Gasteiger partial charge in [0.15, 0.2) is 0 Å². The van der Waals surface area contributed by atoms with Crippen molar-refractivity contribution in [2.45, 2.75) is 111 Å². The first kappa shape index (κ1) is 38.2. The van der Waals surface area contributed by atoms with E-state index in [1.54, 1.807) is 18.5 Å². The van der Waals surface area contributed by atoms with Crippen LogP contribution in [0.2, 0.25) is 0 Å². The van der Waals surface area contributed by atoms with Gasteiger partial charge in [-0.05, 0) is 62.6 Å². The smallest absolute Gasteiger partial charge is 0.270 e. The first-order valence-electron chi connectivity index (χ1n) is 18.0. The summed E-state index contributed by atoms with van der Waals surface area (Å²) in [6, 6.07) is 21.4. The molecule has 272 valence electrons. The molecule has 3 N–H and O–H groups in total. The Morgan fingerprint density at radius 2 is 1.10 bits per heavy atom. The number of aliphatic imine (C=N–C) groups is 2. The predicted octanol–water partition coefficient (Wildman–Crippen LogP) is 10.6. The lowest BCUT2D eigenvalue weighted by atomic mass is 9.79. The molecule has 0 aliphatic carbocycles. The molecule has 52 heavy (non-hydrogen) atoms. The molecule has 0 fully saturated rings. The lowest BCUT2D eigenvalue weighted by molar-refractivity contribution is 0.443. The summed E-state index contributed by atoms with van der Waals surface area (Å²) in [4.78, 5) is 30.9. The number of hydrogen-bond donors (Lipinski definition) is 3. The number of aromatic hydroxyl groups is 2. The molecular weight excluding hydrogens is 645 g/mol. The molecule has 1 heterocycles. The van der Waals surface area contributed by atoms with Crippen LogP contribution in [0.1, 0.15) is 128 Å². The van der Waals surface area contributed by atoms with Gasteiger partial charge in [0, 0.05) is 41.1 Å². The third-order valence-electron chi connectivity index (χ3n) is 9.39. The van der Waals surface area contributed by atoms with E-state index in [0.717, 1.165) is 27.8 Å². The molecule has 0 bridgehead atoms. The standard InChI is InChI=1S/C45H54N4O3/c1-42(2,3)30-19-28(39(50)32(21-30)44(7,8)9)25-46-34-23-36-37(49-41(52)38(48-36)18-27-16-14-13-15-17-27)24-35(34)47-26-29-20-31(43(4,5)6)22-33(40(29)51)45(10,11)12/h13-17,19-26,50-51H,18H2,1-12H3,(H,49,52). The normalized spacial score (nSPS) is 13.2. The van der Waals surface area contributed by atoms with Crippen LogP contribution in [-0.2, 0) is 28.1 Å². The summed E-state index contributed by atoms with van der Waals surface area (Å²) in [5.41, 5.74) is 7.25. The summed E-state index contributed by atoms with van der Waals surface area (Å²) in [5, 5.41) is 23.0. The minimum atomic E-state index is -0.301. The van der Waals surface area contributed by atoms with Crippen LogP contribution < -0.4 is 5.56 Å². The van der Waals surface area contributed by atoms with Crippen LogP contribution in [0.5, 0.6) is 11.5 Å². The van der Waals surface area contributed by atoms with Crippen molar-refractivity contribution in [3.63, 3.8) is 0 Å². The number of nitrogens with zero attached hydrogens (tertiary/aromatic N) is 3. The largest absolute Gasteiger partial charge is 0.507 e. The van der Waals surface area contributed by atoms with Crippen LogP contribution in [0.15, 0.2) is 81.5 Å². The number of phenols is 2. The average Bonchev–Trinajstić information content (AvgIpc) is 3.02. The van der Waals surface area contributed by atoms with E-state index >= 15 is 0 Å². The third kappa shape index (κ3) is 8.52. The molecular formula is C45H54N4O3. The van der Waals surface area contributed by atoms with E-state index in [1.807, 2.05) is 48.5 Å². The maximum Gasteiger partial charge on any atom is 0.270 e. The van der Waals surface area contributed by atoms with Crippen molar-refractivity contribution in [3.8, 4) is 11.5 Å². The summed E-state index contributed by atoms with van der Waals surface area (Å²) in [6.45, 7) is 25.4. The average molecular weight is 699 g/mol. The van der Waals surface area contributed by atoms with Gasteiger partial charge in [-0.2, -0.15) is 0 Å². The second-order valence-corrected chi connectivity index (χ2v) is 18.0. The minimum Gasteiger partial charge on any atom is -0.507 e. The third-order valence-corrected chi connectivity index (χ3v) is 9.39. The molecule has 0 aliphatic heterocycles. The fourth-order valence-electron chi connectivity index (χ4n) is 6.06. The van der Waals surface area contributed by atoms with E-state index in [-0.39, 0.29) is 38.7 Å². The number of benzene rings is 4. The molecule has 1 aromatic heterocycles. The Balaban J connectivity index is 1.72. The quantitative estimate of drug-likeness (QED) is 0.153. The fraction of sp³-hybridized carbons (Fsp3) is 0.378. The van der Waals surface area contributed by atoms with Gasteiger partial charge < -0.3 is 15.2 Å². The van der Waals surface area contributed by atoms with Crippen molar-refractivity contribution in [1.82, 2.24) is 9.97 Å². The molecule has 0 radical (unpaired) electrons. The van der Waals surface area contributed by atoms with Crippen LogP contribution in [0.25, 0.3) is 11.0 Å². The number of fused-ring (bicyclic) bond motifs is 1. The first-order valence-corrected chi connectivity index (χ1v) is 18.0. The highest BCUT2D eigenvalue weighted by molar-refractivity contribution is 5.94. The van der Waals surface area contributed by atoms with E-state index in [2.05, 4.69) is 100 Å². The highest BCUT2D eigenvalue weighted by Gasteiger charge is 2.26. The maximum absolute atomic E-state index is 13.2. The summed E-state index contributed by atoms with van der Waals surface area (Å²) < 4.78 is 0. The van der Waals surface area contributed by atoms with E-state index in [9.17, 15) is 15.0 Å². The van der Waals surface area contributed by atoms with Gasteiger partial charge in [0.05, 0.1) is 22.4 Å². The topological polar surface area (TPSA) is 111 Å². The molecule has 0 saturated heterocycles. The van der Waals surface area contributed by atoms with Gasteiger partial charge in [-0.3, -0.25) is 14.8 Å². The zero-order chi connectivity index (χ0) is 38.4.